The summed E-state index contributed by atoms with van der Waals surface area (Å²) in [6.07, 6.45) is 0. The minimum Gasteiger partial charge on any atom is -0.329 e. The zero-order chi connectivity index (χ0) is 13.9. The van der Waals surface area contributed by atoms with E-state index >= 15 is 0 Å². The number of nitro benzene ring substituents is 1. The van der Waals surface area contributed by atoms with Crippen LogP contribution in [0.1, 0.15) is 11.1 Å². The highest BCUT2D eigenvalue weighted by molar-refractivity contribution is 7.89. The summed E-state index contributed by atoms with van der Waals surface area (Å²) in [5, 5.41) is 10.7. The molecule has 1 aromatic carbocycles. The lowest BCUT2D eigenvalue weighted by atomic mass is 10.1. The second-order valence-corrected chi connectivity index (χ2v) is 5.56. The van der Waals surface area contributed by atoms with Crippen LogP contribution in [0.4, 0.5) is 5.69 Å². The normalized spacial score (nSPS) is 10.9. The van der Waals surface area contributed by atoms with E-state index in [1.54, 1.807) is 0 Å². The molecule has 0 heterocycles. The number of halogens is 1. The second-order valence-electron chi connectivity index (χ2n) is 3.85. The summed E-state index contributed by atoms with van der Waals surface area (Å²) in [5.74, 6) is 0. The van der Waals surface area contributed by atoms with Crippen LogP contribution in [0.5, 0.6) is 0 Å². The van der Waals surface area contributed by atoms with Crippen LogP contribution in [0.25, 0.3) is 0 Å². The highest BCUT2D eigenvalue weighted by Crippen LogP contribution is 2.25. The number of nitro groups is 1. The molecule has 0 amide bonds. The zero-order valence-corrected chi connectivity index (χ0v) is 12.2. The van der Waals surface area contributed by atoms with E-state index in [1.807, 2.05) is 0 Å². The van der Waals surface area contributed by atoms with Crippen LogP contribution in [0.2, 0.25) is 0 Å². The van der Waals surface area contributed by atoms with Crippen molar-refractivity contribution in [3.05, 3.63) is 33.4 Å². The number of sulfonamides is 1. The quantitative estimate of drug-likeness (QED) is 0.618. The first kappa shape index (κ1) is 17.8. The predicted molar refractivity (Wildman–Crippen MR) is 74.1 cm³/mol. The predicted octanol–water partition coefficient (Wildman–Crippen LogP) is 0.870. The van der Waals surface area contributed by atoms with Gasteiger partial charge in [-0.2, -0.15) is 0 Å². The molecule has 0 aliphatic carbocycles. The Bertz CT molecular complexity index is 551. The molecule has 19 heavy (non-hydrogen) atoms. The molecule has 0 aliphatic heterocycles. The number of nitrogens with two attached hydrogens (primary N) is 1. The molecule has 0 saturated carbocycles. The number of nitrogens with zero attached hydrogens (tertiary/aromatic N) is 1. The molecule has 3 N–H and O–H groups in total. The van der Waals surface area contributed by atoms with E-state index in [4.69, 9.17) is 5.73 Å². The maximum atomic E-state index is 12.0. The highest BCUT2D eigenvalue weighted by Gasteiger charge is 2.21. The molecule has 0 spiro atoms. The van der Waals surface area contributed by atoms with E-state index in [1.165, 1.54) is 26.0 Å². The Morgan fingerprint density at radius 2 is 1.79 bits per heavy atom. The van der Waals surface area contributed by atoms with Crippen LogP contribution in [0.3, 0.4) is 0 Å². The van der Waals surface area contributed by atoms with E-state index in [2.05, 4.69) is 4.72 Å². The van der Waals surface area contributed by atoms with Crippen molar-refractivity contribution in [1.82, 2.24) is 4.72 Å². The molecule has 0 aromatic heterocycles. The van der Waals surface area contributed by atoms with Crippen molar-refractivity contribution in [1.29, 1.82) is 0 Å². The number of nitrogens with one attached hydrogen (secondary N) is 1. The van der Waals surface area contributed by atoms with Gasteiger partial charge in [0.15, 0.2) is 0 Å². The van der Waals surface area contributed by atoms with Gasteiger partial charge in [0.2, 0.25) is 10.0 Å². The minimum atomic E-state index is -3.68. The Hall–Kier alpha value is -1.22. The molecule has 0 unspecified atom stereocenters. The molecule has 1 rings (SSSR count). The van der Waals surface area contributed by atoms with Crippen molar-refractivity contribution >= 4 is 28.1 Å². The summed E-state index contributed by atoms with van der Waals surface area (Å²) in [6.45, 7) is 3.36. The Morgan fingerprint density at radius 3 is 2.16 bits per heavy atom. The van der Waals surface area contributed by atoms with Crippen LogP contribution in [-0.4, -0.2) is 26.4 Å². The van der Waals surface area contributed by atoms with E-state index in [9.17, 15) is 18.5 Å². The number of benzene rings is 1. The number of non-ortho nitro benzene ring substituents is 1. The van der Waals surface area contributed by atoms with Gasteiger partial charge in [-0.05, 0) is 25.0 Å². The number of hydrogen-bond donors (Lipinski definition) is 2. The SMILES string of the molecule is Cc1cc([N+](=O)[O-])cc(C)c1S(=O)(=O)NCCN.Cl. The first-order valence-corrected chi connectivity index (χ1v) is 6.73. The van der Waals surface area contributed by atoms with Crippen LogP contribution in [0, 0.1) is 24.0 Å². The lowest BCUT2D eigenvalue weighted by Gasteiger charge is -2.11. The molecule has 0 atom stereocenters. The van der Waals surface area contributed by atoms with Crippen LogP contribution in [0.15, 0.2) is 17.0 Å². The smallest absolute Gasteiger partial charge is 0.270 e. The Labute approximate surface area is 117 Å². The maximum Gasteiger partial charge on any atom is 0.270 e. The molecule has 0 fully saturated rings. The number of rotatable bonds is 5. The fraction of sp³-hybridized carbons (Fsp3) is 0.400. The fourth-order valence-electron chi connectivity index (χ4n) is 1.72. The molecular formula is C10H16ClN3O4S. The van der Waals surface area contributed by atoms with Gasteiger partial charge >= 0.3 is 0 Å². The van der Waals surface area contributed by atoms with Crippen molar-refractivity contribution in [3.63, 3.8) is 0 Å². The van der Waals surface area contributed by atoms with Crippen molar-refractivity contribution in [2.24, 2.45) is 5.73 Å². The van der Waals surface area contributed by atoms with Crippen molar-refractivity contribution in [2.75, 3.05) is 13.1 Å². The van der Waals surface area contributed by atoms with Crippen LogP contribution >= 0.6 is 12.4 Å². The molecule has 0 bridgehead atoms. The van der Waals surface area contributed by atoms with Gasteiger partial charge in [0.05, 0.1) is 9.82 Å². The third kappa shape index (κ3) is 4.13. The second kappa shape index (κ2) is 6.80. The molecule has 0 saturated heterocycles. The minimum absolute atomic E-state index is 0. The first-order valence-electron chi connectivity index (χ1n) is 5.25. The molecule has 7 nitrogen and oxygen atoms in total. The summed E-state index contributed by atoms with van der Waals surface area (Å²) < 4.78 is 26.3. The van der Waals surface area contributed by atoms with Crippen molar-refractivity contribution < 1.29 is 13.3 Å². The highest BCUT2D eigenvalue weighted by atomic mass is 35.5. The standard InChI is InChI=1S/C10H15N3O4S.ClH/c1-7-5-9(13(14)15)6-8(2)10(7)18(16,17)12-4-3-11;/h5-6,12H,3-4,11H2,1-2H3;1H. The maximum absolute atomic E-state index is 12.0. The van der Waals surface area contributed by atoms with Crippen molar-refractivity contribution in [2.45, 2.75) is 18.7 Å². The van der Waals surface area contributed by atoms with Gasteiger partial charge in [-0.15, -0.1) is 12.4 Å². The van der Waals surface area contributed by atoms with E-state index in [-0.39, 0.29) is 36.1 Å². The summed E-state index contributed by atoms with van der Waals surface area (Å²) in [7, 11) is -3.68. The zero-order valence-electron chi connectivity index (χ0n) is 10.5. The summed E-state index contributed by atoms with van der Waals surface area (Å²) in [6, 6.07) is 2.48. The largest absolute Gasteiger partial charge is 0.329 e. The van der Waals surface area contributed by atoms with Gasteiger partial charge in [0.1, 0.15) is 0 Å². The molecule has 108 valence electrons. The Kier molecular flexibility index (Phi) is 6.37. The lowest BCUT2D eigenvalue weighted by molar-refractivity contribution is -0.385. The third-order valence-electron chi connectivity index (χ3n) is 2.36. The van der Waals surface area contributed by atoms with Crippen molar-refractivity contribution in [3.8, 4) is 0 Å². The first-order chi connectivity index (χ1) is 8.29. The van der Waals surface area contributed by atoms with Gasteiger partial charge in [-0.1, -0.05) is 0 Å². The topological polar surface area (TPSA) is 115 Å². The van der Waals surface area contributed by atoms with E-state index < -0.39 is 14.9 Å². The summed E-state index contributed by atoms with van der Waals surface area (Å²) in [5.41, 5.74) is 5.79. The van der Waals surface area contributed by atoms with E-state index in [0.29, 0.717) is 11.1 Å². The average molecular weight is 310 g/mol. The summed E-state index contributed by atoms with van der Waals surface area (Å²) >= 11 is 0. The van der Waals surface area contributed by atoms with Gasteiger partial charge in [-0.3, -0.25) is 10.1 Å². The monoisotopic (exact) mass is 309 g/mol. The molecule has 9 heteroatoms. The number of aryl methyl sites for hydroxylation is 2. The van der Waals surface area contributed by atoms with Crippen LogP contribution in [-0.2, 0) is 10.0 Å². The van der Waals surface area contributed by atoms with E-state index in [0.717, 1.165) is 0 Å². The van der Waals surface area contributed by atoms with Crippen LogP contribution < -0.4 is 10.5 Å². The Balaban J connectivity index is 0.00000324. The fourth-order valence-corrected chi connectivity index (χ4v) is 3.22. The summed E-state index contributed by atoms with van der Waals surface area (Å²) in [4.78, 5) is 10.2. The average Bonchev–Trinajstić information content (AvgIpc) is 2.24. The molecular weight excluding hydrogens is 294 g/mol. The van der Waals surface area contributed by atoms with Gasteiger partial charge < -0.3 is 5.73 Å². The van der Waals surface area contributed by atoms with Gasteiger partial charge in [0, 0.05) is 25.2 Å². The molecule has 0 radical (unpaired) electrons. The number of hydrogen-bond acceptors (Lipinski definition) is 5. The lowest BCUT2D eigenvalue weighted by Crippen LogP contribution is -2.30. The molecule has 0 aliphatic rings. The van der Waals surface area contributed by atoms with Gasteiger partial charge in [0.25, 0.3) is 5.69 Å². The van der Waals surface area contributed by atoms with Gasteiger partial charge in [-0.25, -0.2) is 13.1 Å². The third-order valence-corrected chi connectivity index (χ3v) is 4.13. The molecule has 1 aromatic rings. The Morgan fingerprint density at radius 1 is 1.32 bits per heavy atom.